The average molecular weight is 193 g/mol. The minimum absolute atomic E-state index is 0.646. The summed E-state index contributed by atoms with van der Waals surface area (Å²) in [5, 5.41) is 10.9. The number of hydrogen-bond donors (Lipinski definition) is 1. The Morgan fingerprint density at radius 2 is 2.43 bits per heavy atom. The number of aryl methyl sites for hydroxylation is 1. The van der Waals surface area contributed by atoms with Gasteiger partial charge in [0, 0.05) is 7.05 Å². The molecule has 0 spiro atoms. The summed E-state index contributed by atoms with van der Waals surface area (Å²) in [5.74, 6) is 1.71. The molecule has 1 N–H and O–H groups in total. The Hall–Kier alpha value is -1.69. The fourth-order valence-corrected chi connectivity index (χ4v) is 1.09. The Morgan fingerprint density at radius 3 is 3.07 bits per heavy atom. The van der Waals surface area contributed by atoms with Crippen molar-refractivity contribution in [3.05, 3.63) is 30.5 Å². The zero-order valence-corrected chi connectivity index (χ0v) is 7.84. The van der Waals surface area contributed by atoms with E-state index in [-0.39, 0.29) is 0 Å². The van der Waals surface area contributed by atoms with Crippen molar-refractivity contribution < 1.29 is 4.42 Å². The van der Waals surface area contributed by atoms with Gasteiger partial charge in [-0.15, -0.1) is 10.2 Å². The molecule has 14 heavy (non-hydrogen) atoms. The van der Waals surface area contributed by atoms with Crippen LogP contribution < -0.4 is 5.32 Å². The molecule has 0 bridgehead atoms. The van der Waals surface area contributed by atoms with E-state index in [0.717, 1.165) is 11.6 Å². The van der Waals surface area contributed by atoms with Gasteiger partial charge in [-0.2, -0.15) is 0 Å². The molecular formula is C8H11N5O. The fraction of sp³-hybridized carbons (Fsp3) is 0.375. The van der Waals surface area contributed by atoms with Crippen LogP contribution in [-0.4, -0.2) is 19.7 Å². The molecule has 0 atom stereocenters. The monoisotopic (exact) mass is 193 g/mol. The van der Waals surface area contributed by atoms with Gasteiger partial charge in [0.1, 0.15) is 17.9 Å². The first-order chi connectivity index (χ1) is 6.86. The Kier molecular flexibility index (Phi) is 2.55. The zero-order chi connectivity index (χ0) is 9.80. The molecule has 6 heteroatoms. The number of rotatable bonds is 4. The van der Waals surface area contributed by atoms with Crippen LogP contribution in [0.25, 0.3) is 0 Å². The van der Waals surface area contributed by atoms with Crippen LogP contribution in [0.5, 0.6) is 0 Å². The van der Waals surface area contributed by atoms with Crippen molar-refractivity contribution in [2.24, 2.45) is 7.05 Å². The third-order valence-electron chi connectivity index (χ3n) is 1.87. The summed E-state index contributed by atoms with van der Waals surface area (Å²) in [6, 6.07) is 0. The maximum atomic E-state index is 5.07. The molecule has 0 aromatic carbocycles. The smallest absolute Gasteiger partial charge is 0.180 e. The van der Waals surface area contributed by atoms with Gasteiger partial charge in [-0.05, 0) is 0 Å². The van der Waals surface area contributed by atoms with Gasteiger partial charge in [-0.3, -0.25) is 0 Å². The molecule has 74 valence electrons. The zero-order valence-electron chi connectivity index (χ0n) is 7.84. The highest BCUT2D eigenvalue weighted by molar-refractivity contribution is 4.89. The molecule has 0 aliphatic rings. The van der Waals surface area contributed by atoms with Crippen molar-refractivity contribution in [3.8, 4) is 0 Å². The van der Waals surface area contributed by atoms with E-state index in [1.807, 2.05) is 11.6 Å². The highest BCUT2D eigenvalue weighted by atomic mass is 16.3. The Bertz CT molecular complexity index is 380. The van der Waals surface area contributed by atoms with E-state index in [1.54, 1.807) is 12.5 Å². The molecule has 2 rings (SSSR count). The summed E-state index contributed by atoms with van der Waals surface area (Å²) < 4.78 is 6.94. The third-order valence-corrected chi connectivity index (χ3v) is 1.87. The van der Waals surface area contributed by atoms with E-state index >= 15 is 0 Å². The van der Waals surface area contributed by atoms with Crippen LogP contribution in [0.3, 0.4) is 0 Å². The lowest BCUT2D eigenvalue weighted by molar-refractivity contribution is 0.474. The van der Waals surface area contributed by atoms with E-state index in [9.17, 15) is 0 Å². The molecule has 0 unspecified atom stereocenters. The third kappa shape index (κ3) is 1.97. The largest absolute Gasteiger partial charge is 0.447 e. The first-order valence-electron chi connectivity index (χ1n) is 4.27. The molecule has 0 saturated heterocycles. The summed E-state index contributed by atoms with van der Waals surface area (Å²) in [4.78, 5) is 3.82. The molecule has 0 saturated carbocycles. The maximum Gasteiger partial charge on any atom is 0.180 e. The van der Waals surface area contributed by atoms with Crippen molar-refractivity contribution in [1.82, 2.24) is 25.1 Å². The minimum atomic E-state index is 0.646. The van der Waals surface area contributed by atoms with Crippen LogP contribution in [0.1, 0.15) is 11.6 Å². The molecule has 2 aromatic heterocycles. The van der Waals surface area contributed by atoms with Gasteiger partial charge >= 0.3 is 0 Å². The first-order valence-corrected chi connectivity index (χ1v) is 4.27. The van der Waals surface area contributed by atoms with Crippen molar-refractivity contribution in [3.63, 3.8) is 0 Å². The number of oxazole rings is 1. The topological polar surface area (TPSA) is 68.8 Å². The Balaban J connectivity index is 1.81. The van der Waals surface area contributed by atoms with Gasteiger partial charge in [0.25, 0.3) is 0 Å². The summed E-state index contributed by atoms with van der Waals surface area (Å²) in [6.45, 7) is 1.31. The maximum absolute atomic E-state index is 5.07. The number of aromatic nitrogens is 4. The van der Waals surface area contributed by atoms with E-state index in [2.05, 4.69) is 20.5 Å². The Morgan fingerprint density at radius 1 is 1.50 bits per heavy atom. The lowest BCUT2D eigenvalue weighted by Crippen LogP contribution is -2.15. The summed E-state index contributed by atoms with van der Waals surface area (Å²) in [5.41, 5.74) is 0. The van der Waals surface area contributed by atoms with Crippen LogP contribution >= 0.6 is 0 Å². The fourth-order valence-electron chi connectivity index (χ4n) is 1.09. The van der Waals surface area contributed by atoms with Crippen LogP contribution in [0.4, 0.5) is 0 Å². The van der Waals surface area contributed by atoms with Gasteiger partial charge in [-0.1, -0.05) is 0 Å². The highest BCUT2D eigenvalue weighted by Gasteiger charge is 2.00. The summed E-state index contributed by atoms with van der Waals surface area (Å²) in [7, 11) is 1.91. The van der Waals surface area contributed by atoms with Gasteiger partial charge in [0.2, 0.25) is 0 Å². The second-order valence-corrected chi connectivity index (χ2v) is 2.93. The van der Waals surface area contributed by atoms with Crippen molar-refractivity contribution >= 4 is 0 Å². The van der Waals surface area contributed by atoms with Gasteiger partial charge < -0.3 is 14.3 Å². The van der Waals surface area contributed by atoms with E-state index in [0.29, 0.717) is 13.1 Å². The molecule has 0 aliphatic heterocycles. The minimum Gasteiger partial charge on any atom is -0.447 e. The molecule has 0 radical (unpaired) electrons. The lowest BCUT2D eigenvalue weighted by Gasteiger charge is -2.00. The second kappa shape index (κ2) is 4.01. The van der Waals surface area contributed by atoms with Crippen molar-refractivity contribution in [2.45, 2.75) is 13.1 Å². The predicted octanol–water partition coefficient (Wildman–Crippen LogP) is 0.0929. The van der Waals surface area contributed by atoms with E-state index < -0.39 is 0 Å². The van der Waals surface area contributed by atoms with Crippen LogP contribution in [-0.2, 0) is 20.1 Å². The average Bonchev–Trinajstić information content (AvgIpc) is 2.78. The molecule has 2 heterocycles. The molecule has 0 fully saturated rings. The standard InChI is InChI=1S/C8H11N5O/c1-13-5-11-12-8(13)4-9-2-7-3-10-6-14-7/h3,5-6,9H,2,4H2,1H3. The van der Waals surface area contributed by atoms with Crippen LogP contribution in [0.2, 0.25) is 0 Å². The second-order valence-electron chi connectivity index (χ2n) is 2.93. The number of nitrogens with one attached hydrogen (secondary N) is 1. The molecule has 0 aliphatic carbocycles. The van der Waals surface area contributed by atoms with Gasteiger partial charge in [-0.25, -0.2) is 4.98 Å². The number of hydrogen-bond acceptors (Lipinski definition) is 5. The van der Waals surface area contributed by atoms with Crippen molar-refractivity contribution in [1.29, 1.82) is 0 Å². The van der Waals surface area contributed by atoms with Gasteiger partial charge in [0.05, 0.1) is 19.3 Å². The molecule has 2 aromatic rings. The lowest BCUT2D eigenvalue weighted by atomic mass is 10.5. The quantitative estimate of drug-likeness (QED) is 0.745. The summed E-state index contributed by atoms with van der Waals surface area (Å²) in [6.07, 6.45) is 4.77. The molecule has 6 nitrogen and oxygen atoms in total. The van der Waals surface area contributed by atoms with E-state index in [4.69, 9.17) is 4.42 Å². The molecule has 0 amide bonds. The van der Waals surface area contributed by atoms with Crippen LogP contribution in [0.15, 0.2) is 23.3 Å². The van der Waals surface area contributed by atoms with Gasteiger partial charge in [0.15, 0.2) is 6.39 Å². The van der Waals surface area contributed by atoms with Crippen molar-refractivity contribution in [2.75, 3.05) is 0 Å². The van der Waals surface area contributed by atoms with Crippen LogP contribution in [0, 0.1) is 0 Å². The predicted molar refractivity (Wildman–Crippen MR) is 48.0 cm³/mol. The first kappa shape index (κ1) is 8.89. The highest BCUT2D eigenvalue weighted by Crippen LogP contribution is 1.96. The Labute approximate surface area is 81.0 Å². The number of nitrogens with zero attached hydrogens (tertiary/aromatic N) is 4. The molecular weight excluding hydrogens is 182 g/mol. The normalized spacial score (nSPS) is 10.6. The van der Waals surface area contributed by atoms with E-state index in [1.165, 1.54) is 6.39 Å². The SMILES string of the molecule is Cn1cnnc1CNCc1cnco1. The summed E-state index contributed by atoms with van der Waals surface area (Å²) >= 11 is 0.